The maximum atomic E-state index is 11.6. The smallest absolute Gasteiger partial charge is 0.315 e. The summed E-state index contributed by atoms with van der Waals surface area (Å²) in [5.74, 6) is -0.926. The second-order valence-corrected chi connectivity index (χ2v) is 3.92. The van der Waals surface area contributed by atoms with Gasteiger partial charge in [-0.2, -0.15) is 0 Å². The van der Waals surface area contributed by atoms with E-state index in [0.29, 0.717) is 0 Å². The predicted molar refractivity (Wildman–Crippen MR) is 68.3 cm³/mol. The highest BCUT2D eigenvalue weighted by Gasteiger charge is 2.11. The van der Waals surface area contributed by atoms with Crippen molar-refractivity contribution in [1.82, 2.24) is 10.6 Å². The Morgan fingerprint density at radius 1 is 1.28 bits per heavy atom. The molecule has 0 aliphatic carbocycles. The van der Waals surface area contributed by atoms with Gasteiger partial charge in [0.2, 0.25) is 0 Å². The standard InChI is InChI=1S/C13H18N2O3/c1-2-11(10-6-4-3-5-7-10)15-13(18)14-9-8-12(16)17/h3-7,11H,2,8-9H2,1H3,(H,16,17)(H2,14,15,18). The van der Waals surface area contributed by atoms with Gasteiger partial charge in [0.1, 0.15) is 0 Å². The van der Waals surface area contributed by atoms with E-state index < -0.39 is 5.97 Å². The number of urea groups is 1. The van der Waals surface area contributed by atoms with E-state index in [1.165, 1.54) is 0 Å². The van der Waals surface area contributed by atoms with Crippen LogP contribution in [0.1, 0.15) is 31.4 Å². The Hall–Kier alpha value is -2.04. The van der Waals surface area contributed by atoms with Crippen LogP contribution in [0.2, 0.25) is 0 Å². The Bertz CT molecular complexity index is 392. The molecule has 5 heteroatoms. The van der Waals surface area contributed by atoms with Gasteiger partial charge >= 0.3 is 12.0 Å². The fourth-order valence-electron chi connectivity index (χ4n) is 1.60. The molecule has 0 heterocycles. The minimum absolute atomic E-state index is 0.0592. The number of nitrogens with one attached hydrogen (secondary N) is 2. The molecule has 0 saturated heterocycles. The summed E-state index contributed by atoms with van der Waals surface area (Å²) >= 11 is 0. The normalized spacial score (nSPS) is 11.6. The highest BCUT2D eigenvalue weighted by Crippen LogP contribution is 2.15. The summed E-state index contributed by atoms with van der Waals surface area (Å²) in [5, 5.41) is 13.8. The molecule has 1 aromatic rings. The lowest BCUT2D eigenvalue weighted by atomic mass is 10.1. The fraction of sp³-hybridized carbons (Fsp3) is 0.385. The van der Waals surface area contributed by atoms with Crippen LogP contribution in [0, 0.1) is 0 Å². The first kappa shape index (κ1) is 14.0. The van der Waals surface area contributed by atoms with Gasteiger partial charge < -0.3 is 15.7 Å². The number of hydrogen-bond acceptors (Lipinski definition) is 2. The SMILES string of the molecule is CCC(NC(=O)NCCC(=O)O)c1ccccc1. The lowest BCUT2D eigenvalue weighted by Crippen LogP contribution is -2.38. The number of hydrogen-bond donors (Lipinski definition) is 3. The highest BCUT2D eigenvalue weighted by molar-refractivity contribution is 5.75. The molecule has 1 aromatic carbocycles. The number of carboxylic acids is 1. The lowest BCUT2D eigenvalue weighted by Gasteiger charge is -2.17. The molecule has 0 aliphatic heterocycles. The lowest BCUT2D eigenvalue weighted by molar-refractivity contribution is -0.136. The third kappa shape index (κ3) is 4.86. The molecule has 0 fully saturated rings. The first-order valence-corrected chi connectivity index (χ1v) is 5.94. The maximum Gasteiger partial charge on any atom is 0.315 e. The van der Waals surface area contributed by atoms with Crippen LogP contribution in [0.3, 0.4) is 0 Å². The molecule has 3 N–H and O–H groups in total. The van der Waals surface area contributed by atoms with Gasteiger partial charge in [-0.25, -0.2) is 4.79 Å². The number of benzene rings is 1. The van der Waals surface area contributed by atoms with Crippen LogP contribution < -0.4 is 10.6 Å². The molecule has 18 heavy (non-hydrogen) atoms. The van der Waals surface area contributed by atoms with E-state index in [1.807, 2.05) is 37.3 Å². The van der Waals surface area contributed by atoms with E-state index in [1.54, 1.807) is 0 Å². The Kier molecular flexibility index (Phi) is 5.70. The highest BCUT2D eigenvalue weighted by atomic mass is 16.4. The van der Waals surface area contributed by atoms with Crippen molar-refractivity contribution < 1.29 is 14.7 Å². The summed E-state index contributed by atoms with van der Waals surface area (Å²) in [6, 6.07) is 9.26. The van der Waals surface area contributed by atoms with Crippen molar-refractivity contribution in [3.8, 4) is 0 Å². The molecular weight excluding hydrogens is 232 g/mol. The molecule has 5 nitrogen and oxygen atoms in total. The van der Waals surface area contributed by atoms with Gasteiger partial charge in [-0.3, -0.25) is 4.79 Å². The van der Waals surface area contributed by atoms with Crippen molar-refractivity contribution in [2.45, 2.75) is 25.8 Å². The molecule has 2 amide bonds. The average Bonchev–Trinajstić information content (AvgIpc) is 2.36. The van der Waals surface area contributed by atoms with Crippen molar-refractivity contribution in [3.63, 3.8) is 0 Å². The van der Waals surface area contributed by atoms with Crippen LogP contribution in [0.15, 0.2) is 30.3 Å². The third-order valence-corrected chi connectivity index (χ3v) is 2.54. The van der Waals surface area contributed by atoms with Gasteiger partial charge in [-0.1, -0.05) is 37.3 Å². The van der Waals surface area contributed by atoms with E-state index >= 15 is 0 Å². The van der Waals surface area contributed by atoms with E-state index in [-0.39, 0.29) is 25.0 Å². The quantitative estimate of drug-likeness (QED) is 0.721. The van der Waals surface area contributed by atoms with Crippen LogP contribution in [-0.4, -0.2) is 23.7 Å². The van der Waals surface area contributed by atoms with Crippen molar-refractivity contribution >= 4 is 12.0 Å². The summed E-state index contributed by atoms with van der Waals surface area (Å²) in [6.07, 6.45) is 0.700. The van der Waals surface area contributed by atoms with Gasteiger partial charge in [0.15, 0.2) is 0 Å². The molecule has 1 rings (SSSR count). The molecule has 0 radical (unpaired) electrons. The maximum absolute atomic E-state index is 11.6. The number of carboxylic acid groups (broad SMARTS) is 1. The molecule has 98 valence electrons. The van der Waals surface area contributed by atoms with Gasteiger partial charge in [-0.15, -0.1) is 0 Å². The Balaban J connectivity index is 2.44. The zero-order valence-electron chi connectivity index (χ0n) is 10.3. The molecule has 1 atom stereocenters. The van der Waals surface area contributed by atoms with Gasteiger partial charge in [0, 0.05) is 6.54 Å². The summed E-state index contributed by atoms with van der Waals surface area (Å²) in [5.41, 5.74) is 1.04. The Morgan fingerprint density at radius 2 is 1.94 bits per heavy atom. The monoisotopic (exact) mass is 250 g/mol. The topological polar surface area (TPSA) is 78.4 Å². The summed E-state index contributed by atoms with van der Waals surface area (Å²) in [6.45, 7) is 2.11. The number of aliphatic carboxylic acids is 1. The Labute approximate surface area is 106 Å². The summed E-state index contributed by atoms with van der Waals surface area (Å²) in [4.78, 5) is 21.9. The van der Waals surface area contributed by atoms with E-state index in [2.05, 4.69) is 10.6 Å². The number of carbonyl (C=O) groups excluding carboxylic acids is 1. The third-order valence-electron chi connectivity index (χ3n) is 2.54. The fourth-order valence-corrected chi connectivity index (χ4v) is 1.60. The van der Waals surface area contributed by atoms with E-state index in [9.17, 15) is 9.59 Å². The largest absolute Gasteiger partial charge is 0.481 e. The molecular formula is C13H18N2O3. The number of carbonyl (C=O) groups is 2. The molecule has 0 spiro atoms. The van der Waals surface area contributed by atoms with Crippen LogP contribution in [0.25, 0.3) is 0 Å². The van der Waals surface area contributed by atoms with Crippen molar-refractivity contribution in [1.29, 1.82) is 0 Å². The zero-order valence-corrected chi connectivity index (χ0v) is 10.3. The van der Waals surface area contributed by atoms with E-state index in [0.717, 1.165) is 12.0 Å². The zero-order chi connectivity index (χ0) is 13.4. The number of rotatable bonds is 6. The van der Waals surface area contributed by atoms with Crippen molar-refractivity contribution in [2.24, 2.45) is 0 Å². The van der Waals surface area contributed by atoms with Crippen molar-refractivity contribution in [2.75, 3.05) is 6.54 Å². The van der Waals surface area contributed by atoms with Crippen LogP contribution in [0.5, 0.6) is 0 Å². The van der Waals surface area contributed by atoms with Crippen LogP contribution in [0.4, 0.5) is 4.79 Å². The first-order chi connectivity index (χ1) is 8.63. The average molecular weight is 250 g/mol. The van der Waals surface area contributed by atoms with Gasteiger partial charge in [-0.05, 0) is 12.0 Å². The molecule has 0 saturated carbocycles. The number of amides is 2. The van der Waals surface area contributed by atoms with Crippen molar-refractivity contribution in [3.05, 3.63) is 35.9 Å². The molecule has 0 bridgehead atoms. The molecule has 1 unspecified atom stereocenters. The second-order valence-electron chi connectivity index (χ2n) is 3.92. The van der Waals surface area contributed by atoms with Gasteiger partial charge in [0.05, 0.1) is 12.5 Å². The van der Waals surface area contributed by atoms with Crippen LogP contribution in [-0.2, 0) is 4.79 Å². The van der Waals surface area contributed by atoms with Gasteiger partial charge in [0.25, 0.3) is 0 Å². The minimum Gasteiger partial charge on any atom is -0.481 e. The minimum atomic E-state index is -0.926. The molecule has 0 aliphatic rings. The summed E-state index contributed by atoms with van der Waals surface area (Å²) in [7, 11) is 0. The van der Waals surface area contributed by atoms with Crippen LogP contribution >= 0.6 is 0 Å². The predicted octanol–water partition coefficient (Wildman–Crippen LogP) is 1.91. The molecule has 0 aromatic heterocycles. The first-order valence-electron chi connectivity index (χ1n) is 5.94. The van der Waals surface area contributed by atoms with E-state index in [4.69, 9.17) is 5.11 Å². The summed E-state index contributed by atoms with van der Waals surface area (Å²) < 4.78 is 0. The Morgan fingerprint density at radius 3 is 2.50 bits per heavy atom. The second kappa shape index (κ2) is 7.32.